The van der Waals surface area contributed by atoms with Crippen LogP contribution in [0.3, 0.4) is 0 Å². The van der Waals surface area contributed by atoms with Crippen LogP contribution in [0.25, 0.3) is 0 Å². The molecular formula is C15H19BrClNO. The van der Waals surface area contributed by atoms with E-state index in [1.54, 1.807) is 12.3 Å². The molecule has 0 radical (unpaired) electrons. The number of fused-ring (bicyclic) bond motifs is 2. The van der Waals surface area contributed by atoms with E-state index >= 15 is 0 Å². The van der Waals surface area contributed by atoms with Gasteiger partial charge < -0.3 is 4.74 Å². The van der Waals surface area contributed by atoms with Crippen molar-refractivity contribution in [3.8, 4) is 5.75 Å². The minimum atomic E-state index is 0.257. The number of halogens is 2. The Hall–Kier alpha value is -0.280. The van der Waals surface area contributed by atoms with Crippen molar-refractivity contribution in [3.05, 3.63) is 21.9 Å². The van der Waals surface area contributed by atoms with E-state index in [-0.39, 0.29) is 11.5 Å². The number of hydrogen-bond acceptors (Lipinski definition) is 2. The Morgan fingerprint density at radius 2 is 2.16 bits per heavy atom. The molecule has 0 aromatic carbocycles. The molecule has 1 aromatic rings. The Morgan fingerprint density at radius 3 is 2.74 bits per heavy atom. The summed E-state index contributed by atoms with van der Waals surface area (Å²) in [5.41, 5.74) is 0.619. The van der Waals surface area contributed by atoms with Crippen LogP contribution in [0.1, 0.15) is 40.0 Å². The van der Waals surface area contributed by atoms with Gasteiger partial charge in [0.25, 0.3) is 0 Å². The number of rotatable bonds is 2. The molecule has 104 valence electrons. The summed E-state index contributed by atoms with van der Waals surface area (Å²) in [5.74, 6) is 1.59. The first-order valence-corrected chi connectivity index (χ1v) is 7.99. The molecule has 1 aromatic heterocycles. The van der Waals surface area contributed by atoms with Gasteiger partial charge in [0.2, 0.25) is 0 Å². The van der Waals surface area contributed by atoms with E-state index in [0.717, 1.165) is 22.6 Å². The van der Waals surface area contributed by atoms with Gasteiger partial charge in [-0.15, -0.1) is 0 Å². The molecule has 19 heavy (non-hydrogen) atoms. The van der Waals surface area contributed by atoms with E-state index in [1.165, 1.54) is 12.8 Å². The second-order valence-corrected chi connectivity index (χ2v) is 7.90. The first-order chi connectivity index (χ1) is 8.84. The van der Waals surface area contributed by atoms with Crippen LogP contribution in [0.5, 0.6) is 5.75 Å². The Balaban J connectivity index is 1.88. The summed E-state index contributed by atoms with van der Waals surface area (Å²) < 4.78 is 7.16. The van der Waals surface area contributed by atoms with Crippen molar-refractivity contribution in [2.45, 2.75) is 46.1 Å². The Morgan fingerprint density at radius 1 is 1.42 bits per heavy atom. The third-order valence-electron chi connectivity index (χ3n) is 5.77. The fourth-order valence-corrected chi connectivity index (χ4v) is 4.41. The zero-order valence-corrected chi connectivity index (χ0v) is 13.9. The van der Waals surface area contributed by atoms with Gasteiger partial charge in [-0.3, -0.25) is 0 Å². The van der Waals surface area contributed by atoms with Gasteiger partial charge in [0, 0.05) is 17.7 Å². The molecule has 1 unspecified atom stereocenters. The maximum Gasteiger partial charge on any atom is 0.138 e. The number of pyridine rings is 1. The number of aromatic nitrogens is 1. The third-order valence-corrected chi connectivity index (χ3v) is 6.57. The highest BCUT2D eigenvalue weighted by molar-refractivity contribution is 9.10. The molecule has 2 saturated carbocycles. The summed E-state index contributed by atoms with van der Waals surface area (Å²) in [7, 11) is 0. The lowest BCUT2D eigenvalue weighted by atomic mass is 9.70. The zero-order valence-electron chi connectivity index (χ0n) is 11.5. The fourth-order valence-electron chi connectivity index (χ4n) is 3.95. The van der Waals surface area contributed by atoms with Crippen LogP contribution in [-0.4, -0.2) is 11.1 Å². The standard InChI is InChI=1S/C15H19BrClNO/c1-14(2)9-4-5-15(14,3)12(6-9)19-11-7-13(17)18-8-10(11)16/h7-9,12H,4-6H2,1-3H3/t9?,12-,15+/m1/s1. The van der Waals surface area contributed by atoms with Gasteiger partial charge in [0.05, 0.1) is 4.47 Å². The van der Waals surface area contributed by atoms with Crippen LogP contribution < -0.4 is 4.74 Å². The van der Waals surface area contributed by atoms with Crippen molar-refractivity contribution in [2.75, 3.05) is 0 Å². The highest BCUT2D eigenvalue weighted by atomic mass is 79.9. The van der Waals surface area contributed by atoms with Crippen LogP contribution in [0.4, 0.5) is 0 Å². The average Bonchev–Trinajstić information content (AvgIpc) is 2.67. The van der Waals surface area contributed by atoms with Gasteiger partial charge in [0.1, 0.15) is 17.0 Å². The van der Waals surface area contributed by atoms with E-state index in [4.69, 9.17) is 16.3 Å². The fraction of sp³-hybridized carbons (Fsp3) is 0.667. The predicted octanol–water partition coefficient (Wildman–Crippen LogP) is 5.09. The molecule has 4 heteroatoms. The maximum atomic E-state index is 6.29. The van der Waals surface area contributed by atoms with Crippen molar-refractivity contribution >= 4 is 27.5 Å². The minimum absolute atomic E-state index is 0.257. The number of hydrogen-bond donors (Lipinski definition) is 0. The van der Waals surface area contributed by atoms with E-state index in [9.17, 15) is 0 Å². The lowest BCUT2D eigenvalue weighted by Gasteiger charge is -2.39. The van der Waals surface area contributed by atoms with Gasteiger partial charge in [0.15, 0.2) is 0 Å². The largest absolute Gasteiger partial charge is 0.488 e. The molecule has 3 atom stereocenters. The van der Waals surface area contributed by atoms with Crippen LogP contribution in [0.15, 0.2) is 16.7 Å². The van der Waals surface area contributed by atoms with Gasteiger partial charge >= 0.3 is 0 Å². The molecule has 1 heterocycles. The first-order valence-electron chi connectivity index (χ1n) is 6.82. The zero-order chi connectivity index (χ0) is 13.8. The van der Waals surface area contributed by atoms with Crippen LogP contribution >= 0.6 is 27.5 Å². The second kappa shape index (κ2) is 4.36. The SMILES string of the molecule is CC1(C)C2CC[C@@]1(C)[C@H](Oc1cc(Cl)ncc1Br)C2. The van der Waals surface area contributed by atoms with Crippen LogP contribution in [0.2, 0.25) is 5.15 Å². The molecule has 0 spiro atoms. The molecular weight excluding hydrogens is 326 g/mol. The van der Waals surface area contributed by atoms with Crippen molar-refractivity contribution in [3.63, 3.8) is 0 Å². The van der Waals surface area contributed by atoms with E-state index in [2.05, 4.69) is 41.7 Å². The Kier molecular flexibility index (Phi) is 3.14. The summed E-state index contributed by atoms with van der Waals surface area (Å²) in [6.45, 7) is 7.16. The van der Waals surface area contributed by atoms with Crippen molar-refractivity contribution in [1.29, 1.82) is 0 Å². The third kappa shape index (κ3) is 1.92. The summed E-state index contributed by atoms with van der Waals surface area (Å²) >= 11 is 9.45. The van der Waals surface area contributed by atoms with Crippen molar-refractivity contribution < 1.29 is 4.74 Å². The Labute approximate surface area is 128 Å². The predicted molar refractivity (Wildman–Crippen MR) is 80.6 cm³/mol. The molecule has 2 aliphatic rings. The lowest BCUT2D eigenvalue weighted by molar-refractivity contribution is 0.0296. The van der Waals surface area contributed by atoms with E-state index in [1.807, 2.05) is 0 Å². The molecule has 2 fully saturated rings. The summed E-state index contributed by atoms with van der Waals surface area (Å²) in [4.78, 5) is 4.05. The van der Waals surface area contributed by atoms with Crippen LogP contribution in [-0.2, 0) is 0 Å². The van der Waals surface area contributed by atoms with Crippen molar-refractivity contribution in [1.82, 2.24) is 4.98 Å². The molecule has 2 nitrogen and oxygen atoms in total. The molecule has 2 bridgehead atoms. The minimum Gasteiger partial charge on any atom is -0.488 e. The number of ether oxygens (including phenoxy) is 1. The summed E-state index contributed by atoms with van der Waals surface area (Å²) in [6.07, 6.45) is 5.72. The normalized spacial score (nSPS) is 35.6. The van der Waals surface area contributed by atoms with Crippen LogP contribution in [0, 0.1) is 16.7 Å². The number of nitrogens with zero attached hydrogens (tertiary/aromatic N) is 1. The highest BCUT2D eigenvalue weighted by Gasteiger charge is 2.62. The molecule has 0 saturated heterocycles. The maximum absolute atomic E-state index is 6.29. The second-order valence-electron chi connectivity index (χ2n) is 6.65. The van der Waals surface area contributed by atoms with Crippen molar-refractivity contribution in [2.24, 2.45) is 16.7 Å². The van der Waals surface area contributed by atoms with Gasteiger partial charge in [-0.2, -0.15) is 0 Å². The smallest absolute Gasteiger partial charge is 0.138 e. The molecule has 0 N–H and O–H groups in total. The molecule has 3 rings (SSSR count). The van der Waals surface area contributed by atoms with Gasteiger partial charge in [-0.25, -0.2) is 4.98 Å². The quantitative estimate of drug-likeness (QED) is 0.697. The highest BCUT2D eigenvalue weighted by Crippen LogP contribution is 2.66. The molecule has 2 aliphatic carbocycles. The topological polar surface area (TPSA) is 22.1 Å². The average molecular weight is 345 g/mol. The van der Waals surface area contributed by atoms with Gasteiger partial charge in [-0.05, 0) is 46.5 Å². The lowest BCUT2D eigenvalue weighted by Crippen LogP contribution is -2.38. The van der Waals surface area contributed by atoms with E-state index in [0.29, 0.717) is 10.6 Å². The monoisotopic (exact) mass is 343 g/mol. The molecule has 0 aliphatic heterocycles. The first kappa shape index (κ1) is 13.7. The van der Waals surface area contributed by atoms with Gasteiger partial charge in [-0.1, -0.05) is 32.4 Å². The summed E-state index contributed by atoms with van der Waals surface area (Å²) in [6, 6.07) is 1.80. The summed E-state index contributed by atoms with van der Waals surface area (Å²) in [5, 5.41) is 0.478. The Bertz CT molecular complexity index is 519. The molecule has 0 amide bonds. The van der Waals surface area contributed by atoms with E-state index < -0.39 is 0 Å².